The standard InChI is InChI=1S/C23H34N2O2/c1-3-4-5-6-7-8-9-10-13-22(26)25-18-11-12-21(25)23(27)24-20-16-14-19(2)15-17-20/h3,14-17,21H,1,4-13,18H2,2H3,(H,24,27). The minimum atomic E-state index is -0.322. The topological polar surface area (TPSA) is 49.4 Å². The number of nitrogens with zero attached hydrogens (tertiary/aromatic N) is 1. The van der Waals surface area contributed by atoms with E-state index >= 15 is 0 Å². The number of hydrogen-bond donors (Lipinski definition) is 1. The number of benzene rings is 1. The molecule has 4 heteroatoms. The van der Waals surface area contributed by atoms with Crippen LogP contribution in [0.3, 0.4) is 0 Å². The summed E-state index contributed by atoms with van der Waals surface area (Å²) in [5.74, 6) is 0.0649. The Morgan fingerprint density at radius 1 is 1.11 bits per heavy atom. The molecule has 1 heterocycles. The molecule has 4 nitrogen and oxygen atoms in total. The molecule has 1 atom stereocenters. The van der Waals surface area contributed by atoms with Crippen LogP contribution in [0.15, 0.2) is 36.9 Å². The van der Waals surface area contributed by atoms with Gasteiger partial charge in [0.15, 0.2) is 0 Å². The third-order valence-electron chi connectivity index (χ3n) is 5.24. The lowest BCUT2D eigenvalue weighted by molar-refractivity contribution is -0.136. The third-order valence-corrected chi connectivity index (χ3v) is 5.24. The van der Waals surface area contributed by atoms with E-state index in [0.717, 1.165) is 43.4 Å². The van der Waals surface area contributed by atoms with Gasteiger partial charge in [0.25, 0.3) is 0 Å². The number of rotatable bonds is 11. The molecule has 148 valence electrons. The highest BCUT2D eigenvalue weighted by Gasteiger charge is 2.33. The molecule has 0 spiro atoms. The molecule has 1 aromatic carbocycles. The Morgan fingerprint density at radius 2 is 1.78 bits per heavy atom. The van der Waals surface area contributed by atoms with Gasteiger partial charge < -0.3 is 10.2 Å². The number of unbranched alkanes of at least 4 members (excludes halogenated alkanes) is 6. The Bertz CT molecular complexity index is 609. The summed E-state index contributed by atoms with van der Waals surface area (Å²) in [5, 5.41) is 2.96. The summed E-state index contributed by atoms with van der Waals surface area (Å²) < 4.78 is 0. The maximum Gasteiger partial charge on any atom is 0.247 e. The van der Waals surface area contributed by atoms with Gasteiger partial charge in [-0.15, -0.1) is 6.58 Å². The van der Waals surface area contributed by atoms with E-state index in [-0.39, 0.29) is 17.9 Å². The average molecular weight is 371 g/mol. The zero-order valence-corrected chi connectivity index (χ0v) is 16.7. The fourth-order valence-corrected chi connectivity index (χ4v) is 3.62. The number of allylic oxidation sites excluding steroid dienone is 1. The second-order valence-electron chi connectivity index (χ2n) is 7.55. The van der Waals surface area contributed by atoms with E-state index in [2.05, 4.69) is 11.9 Å². The second kappa shape index (κ2) is 11.6. The Labute approximate surface area is 164 Å². The van der Waals surface area contributed by atoms with Crippen LogP contribution >= 0.6 is 0 Å². The van der Waals surface area contributed by atoms with Crippen molar-refractivity contribution in [1.29, 1.82) is 0 Å². The van der Waals surface area contributed by atoms with Crippen LogP contribution in [0.2, 0.25) is 0 Å². The molecule has 1 saturated heterocycles. The van der Waals surface area contributed by atoms with Crippen LogP contribution in [0.1, 0.15) is 69.8 Å². The van der Waals surface area contributed by atoms with Crippen molar-refractivity contribution in [3.8, 4) is 0 Å². The van der Waals surface area contributed by atoms with Crippen molar-refractivity contribution in [2.75, 3.05) is 11.9 Å². The SMILES string of the molecule is C=CCCCCCCCCC(=O)N1CCCC1C(=O)Nc1ccc(C)cc1. The number of carbonyl (C=O) groups excluding carboxylic acids is 2. The molecule has 1 aliphatic heterocycles. The number of nitrogens with one attached hydrogen (secondary N) is 1. The van der Waals surface area contributed by atoms with Crippen molar-refractivity contribution < 1.29 is 9.59 Å². The van der Waals surface area contributed by atoms with E-state index in [4.69, 9.17) is 0 Å². The fraction of sp³-hybridized carbons (Fsp3) is 0.565. The molecule has 2 rings (SSSR count). The molecule has 0 radical (unpaired) electrons. The molecule has 27 heavy (non-hydrogen) atoms. The van der Waals surface area contributed by atoms with Gasteiger partial charge in [-0.05, 0) is 51.2 Å². The molecule has 0 saturated carbocycles. The van der Waals surface area contributed by atoms with Crippen LogP contribution in [0.25, 0.3) is 0 Å². The second-order valence-corrected chi connectivity index (χ2v) is 7.55. The van der Waals surface area contributed by atoms with E-state index in [9.17, 15) is 9.59 Å². The lowest BCUT2D eigenvalue weighted by Crippen LogP contribution is -2.43. The summed E-state index contributed by atoms with van der Waals surface area (Å²) in [6.45, 7) is 6.46. The lowest BCUT2D eigenvalue weighted by atomic mass is 10.1. The first-order chi connectivity index (χ1) is 13.1. The molecular weight excluding hydrogens is 336 g/mol. The van der Waals surface area contributed by atoms with E-state index in [1.54, 1.807) is 4.90 Å². The van der Waals surface area contributed by atoms with Gasteiger partial charge in [-0.1, -0.05) is 49.5 Å². The number of amides is 2. The van der Waals surface area contributed by atoms with Crippen LogP contribution in [0, 0.1) is 6.92 Å². The highest BCUT2D eigenvalue weighted by molar-refractivity contribution is 5.97. The minimum Gasteiger partial charge on any atom is -0.331 e. The van der Waals surface area contributed by atoms with Crippen molar-refractivity contribution >= 4 is 17.5 Å². The molecule has 0 aliphatic carbocycles. The van der Waals surface area contributed by atoms with Crippen molar-refractivity contribution in [2.24, 2.45) is 0 Å². The Hall–Kier alpha value is -2.10. The van der Waals surface area contributed by atoms with E-state index in [0.29, 0.717) is 13.0 Å². The van der Waals surface area contributed by atoms with Crippen molar-refractivity contribution in [1.82, 2.24) is 4.90 Å². The number of anilines is 1. The first-order valence-electron chi connectivity index (χ1n) is 10.4. The summed E-state index contributed by atoms with van der Waals surface area (Å²) in [5.41, 5.74) is 1.95. The van der Waals surface area contributed by atoms with Gasteiger partial charge in [-0.25, -0.2) is 0 Å². The van der Waals surface area contributed by atoms with Gasteiger partial charge in [0.1, 0.15) is 6.04 Å². The van der Waals surface area contributed by atoms with Crippen LogP contribution < -0.4 is 5.32 Å². The molecular formula is C23H34N2O2. The average Bonchev–Trinajstić information content (AvgIpc) is 3.16. The molecule has 1 aromatic rings. The predicted octanol–water partition coefficient (Wildman–Crippen LogP) is 5.23. The first kappa shape index (κ1) is 21.2. The number of likely N-dealkylation sites (tertiary alicyclic amines) is 1. The molecule has 1 N–H and O–H groups in total. The van der Waals surface area contributed by atoms with Gasteiger partial charge in [0, 0.05) is 18.7 Å². The highest BCUT2D eigenvalue weighted by Crippen LogP contribution is 2.21. The third kappa shape index (κ3) is 7.20. The van der Waals surface area contributed by atoms with Crippen LogP contribution in [-0.2, 0) is 9.59 Å². The normalized spacial score (nSPS) is 16.3. The largest absolute Gasteiger partial charge is 0.331 e. The van der Waals surface area contributed by atoms with Gasteiger partial charge in [-0.3, -0.25) is 9.59 Å². The molecule has 1 aliphatic rings. The molecule has 2 amide bonds. The van der Waals surface area contributed by atoms with Crippen LogP contribution in [-0.4, -0.2) is 29.3 Å². The zero-order chi connectivity index (χ0) is 19.5. The fourth-order valence-electron chi connectivity index (χ4n) is 3.62. The van der Waals surface area contributed by atoms with E-state index in [1.807, 2.05) is 37.3 Å². The van der Waals surface area contributed by atoms with Crippen LogP contribution in [0.4, 0.5) is 5.69 Å². The maximum absolute atomic E-state index is 12.6. The highest BCUT2D eigenvalue weighted by atomic mass is 16.2. The monoisotopic (exact) mass is 370 g/mol. The van der Waals surface area contributed by atoms with Gasteiger partial charge >= 0.3 is 0 Å². The van der Waals surface area contributed by atoms with Gasteiger partial charge in [0.05, 0.1) is 0 Å². The quantitative estimate of drug-likeness (QED) is 0.428. The van der Waals surface area contributed by atoms with Gasteiger partial charge in [-0.2, -0.15) is 0 Å². The number of hydrogen-bond acceptors (Lipinski definition) is 2. The van der Waals surface area contributed by atoms with E-state index < -0.39 is 0 Å². The summed E-state index contributed by atoms with van der Waals surface area (Å²) in [6, 6.07) is 7.44. The molecule has 0 bridgehead atoms. The zero-order valence-electron chi connectivity index (χ0n) is 16.7. The summed E-state index contributed by atoms with van der Waals surface area (Å²) >= 11 is 0. The summed E-state index contributed by atoms with van der Waals surface area (Å²) in [7, 11) is 0. The Balaban J connectivity index is 1.71. The molecule has 1 fully saturated rings. The van der Waals surface area contributed by atoms with Gasteiger partial charge in [0.2, 0.25) is 11.8 Å². The molecule has 1 unspecified atom stereocenters. The van der Waals surface area contributed by atoms with Crippen LogP contribution in [0.5, 0.6) is 0 Å². The number of carbonyl (C=O) groups is 2. The lowest BCUT2D eigenvalue weighted by Gasteiger charge is -2.24. The van der Waals surface area contributed by atoms with E-state index in [1.165, 1.54) is 25.7 Å². The Kier molecular flexibility index (Phi) is 9.09. The Morgan fingerprint density at radius 3 is 2.48 bits per heavy atom. The minimum absolute atomic E-state index is 0.0630. The van der Waals surface area contributed by atoms with Crippen molar-refractivity contribution in [3.63, 3.8) is 0 Å². The maximum atomic E-state index is 12.6. The smallest absolute Gasteiger partial charge is 0.247 e. The molecule has 0 aromatic heterocycles. The van der Waals surface area contributed by atoms with Crippen molar-refractivity contribution in [3.05, 3.63) is 42.5 Å². The summed E-state index contributed by atoms with van der Waals surface area (Å²) in [6.07, 6.45) is 12.2. The first-order valence-corrected chi connectivity index (χ1v) is 10.4. The number of aryl methyl sites for hydroxylation is 1. The summed E-state index contributed by atoms with van der Waals surface area (Å²) in [4.78, 5) is 27.0. The predicted molar refractivity (Wildman–Crippen MR) is 112 cm³/mol. The van der Waals surface area contributed by atoms with Crippen molar-refractivity contribution in [2.45, 2.75) is 77.2 Å².